The predicted molar refractivity (Wildman–Crippen MR) is 96.4 cm³/mol. The molecule has 2 amide bonds. The van der Waals surface area contributed by atoms with Gasteiger partial charge in [-0.15, -0.1) is 11.8 Å². The number of hydrogen-bond acceptors (Lipinski definition) is 4. The van der Waals surface area contributed by atoms with Gasteiger partial charge in [0, 0.05) is 4.90 Å². The number of hydrogen-bond donors (Lipinski definition) is 2. The van der Waals surface area contributed by atoms with E-state index < -0.39 is 5.91 Å². The number of primary amides is 1. The van der Waals surface area contributed by atoms with E-state index in [1.807, 2.05) is 50.2 Å². The number of amides is 2. The Bertz CT molecular complexity index is 747. The van der Waals surface area contributed by atoms with Crippen molar-refractivity contribution >= 4 is 29.3 Å². The first kappa shape index (κ1) is 17.9. The van der Waals surface area contributed by atoms with Crippen LogP contribution in [0.25, 0.3) is 0 Å². The van der Waals surface area contributed by atoms with Gasteiger partial charge in [0.25, 0.3) is 5.91 Å². The van der Waals surface area contributed by atoms with Gasteiger partial charge < -0.3 is 15.8 Å². The second-order valence-electron chi connectivity index (χ2n) is 5.36. The van der Waals surface area contributed by atoms with Crippen LogP contribution in [-0.2, 0) is 9.59 Å². The van der Waals surface area contributed by atoms with E-state index in [1.165, 1.54) is 11.8 Å². The third-order valence-corrected chi connectivity index (χ3v) is 4.32. The first-order chi connectivity index (χ1) is 11.5. The van der Waals surface area contributed by atoms with E-state index in [0.29, 0.717) is 11.4 Å². The Morgan fingerprint density at radius 1 is 1.17 bits per heavy atom. The molecule has 2 aromatic rings. The molecule has 0 aromatic heterocycles. The standard InChI is InChI=1S/C18H20N2O3S/c1-12-7-8-15(13(2)9-12)23-10-18(22)20-14-5-3-4-6-16(14)24-11-17(19)21/h3-9H,10-11H2,1-2H3,(H2,19,21)(H,20,22). The molecule has 6 heteroatoms. The van der Waals surface area contributed by atoms with Crippen LogP contribution in [0.15, 0.2) is 47.4 Å². The number of benzene rings is 2. The summed E-state index contributed by atoms with van der Waals surface area (Å²) in [5.41, 5.74) is 7.93. The third-order valence-electron chi connectivity index (χ3n) is 3.22. The molecular formula is C18H20N2O3S. The normalized spacial score (nSPS) is 10.2. The average molecular weight is 344 g/mol. The van der Waals surface area contributed by atoms with Crippen molar-refractivity contribution in [2.45, 2.75) is 18.7 Å². The second kappa shape index (κ2) is 8.40. The van der Waals surface area contributed by atoms with Crippen molar-refractivity contribution in [2.24, 2.45) is 5.73 Å². The molecule has 0 spiro atoms. The second-order valence-corrected chi connectivity index (χ2v) is 6.37. The zero-order chi connectivity index (χ0) is 17.5. The molecule has 0 aliphatic heterocycles. The van der Waals surface area contributed by atoms with Crippen LogP contribution in [0.1, 0.15) is 11.1 Å². The minimum atomic E-state index is -0.403. The minimum Gasteiger partial charge on any atom is -0.483 e. The highest BCUT2D eigenvalue weighted by atomic mass is 32.2. The average Bonchev–Trinajstić information content (AvgIpc) is 2.53. The number of carbonyl (C=O) groups is 2. The molecule has 0 bridgehead atoms. The lowest BCUT2D eigenvalue weighted by Crippen LogP contribution is -2.21. The molecule has 0 aliphatic rings. The molecule has 2 rings (SSSR count). The van der Waals surface area contributed by atoms with Gasteiger partial charge in [0.05, 0.1) is 11.4 Å². The zero-order valence-corrected chi connectivity index (χ0v) is 14.5. The van der Waals surface area contributed by atoms with Crippen molar-refractivity contribution in [1.29, 1.82) is 0 Å². The molecule has 3 N–H and O–H groups in total. The molecule has 126 valence electrons. The van der Waals surface area contributed by atoms with Crippen LogP contribution in [0, 0.1) is 13.8 Å². The van der Waals surface area contributed by atoms with E-state index in [4.69, 9.17) is 10.5 Å². The largest absolute Gasteiger partial charge is 0.483 e. The summed E-state index contributed by atoms with van der Waals surface area (Å²) in [6, 6.07) is 13.1. The minimum absolute atomic E-state index is 0.0846. The summed E-state index contributed by atoms with van der Waals surface area (Å²) in [6.07, 6.45) is 0. The number of carbonyl (C=O) groups excluding carboxylic acids is 2. The maximum atomic E-state index is 12.1. The predicted octanol–water partition coefficient (Wildman–Crippen LogP) is 2.90. The van der Waals surface area contributed by atoms with Gasteiger partial charge in [0.2, 0.25) is 5.91 Å². The smallest absolute Gasteiger partial charge is 0.262 e. The van der Waals surface area contributed by atoms with Gasteiger partial charge in [-0.1, -0.05) is 29.8 Å². The summed E-state index contributed by atoms with van der Waals surface area (Å²) in [5.74, 6) is 0.180. The Balaban J connectivity index is 1.96. The molecule has 0 fully saturated rings. The zero-order valence-electron chi connectivity index (χ0n) is 13.7. The molecule has 0 saturated carbocycles. The fourth-order valence-corrected chi connectivity index (χ4v) is 2.88. The lowest BCUT2D eigenvalue weighted by Gasteiger charge is -2.12. The van der Waals surface area contributed by atoms with Crippen LogP contribution in [-0.4, -0.2) is 24.2 Å². The first-order valence-corrected chi connectivity index (χ1v) is 8.44. The van der Waals surface area contributed by atoms with Gasteiger partial charge in [-0.3, -0.25) is 9.59 Å². The SMILES string of the molecule is Cc1ccc(OCC(=O)Nc2ccccc2SCC(N)=O)c(C)c1. The lowest BCUT2D eigenvalue weighted by atomic mass is 10.1. The number of aryl methyl sites for hydroxylation is 2. The van der Waals surface area contributed by atoms with E-state index in [0.717, 1.165) is 16.0 Å². The monoisotopic (exact) mass is 344 g/mol. The quantitative estimate of drug-likeness (QED) is 0.757. The summed E-state index contributed by atoms with van der Waals surface area (Å²) >= 11 is 1.29. The number of para-hydroxylation sites is 1. The van der Waals surface area contributed by atoms with Crippen LogP contribution in [0.5, 0.6) is 5.75 Å². The van der Waals surface area contributed by atoms with E-state index in [-0.39, 0.29) is 18.3 Å². The first-order valence-electron chi connectivity index (χ1n) is 7.46. The topological polar surface area (TPSA) is 81.4 Å². The van der Waals surface area contributed by atoms with Crippen LogP contribution in [0.3, 0.4) is 0 Å². The van der Waals surface area contributed by atoms with Crippen molar-refractivity contribution in [3.05, 3.63) is 53.6 Å². The van der Waals surface area contributed by atoms with Crippen molar-refractivity contribution in [2.75, 3.05) is 17.7 Å². The molecule has 0 heterocycles. The van der Waals surface area contributed by atoms with Gasteiger partial charge in [0.15, 0.2) is 6.61 Å². The van der Waals surface area contributed by atoms with E-state index in [1.54, 1.807) is 6.07 Å². The maximum Gasteiger partial charge on any atom is 0.262 e. The molecule has 0 atom stereocenters. The Kier molecular flexibility index (Phi) is 6.26. The molecule has 0 aliphatic carbocycles. The third kappa shape index (κ3) is 5.31. The molecule has 0 radical (unpaired) electrons. The number of nitrogens with two attached hydrogens (primary N) is 1. The van der Waals surface area contributed by atoms with Crippen molar-refractivity contribution in [1.82, 2.24) is 0 Å². The molecule has 24 heavy (non-hydrogen) atoms. The van der Waals surface area contributed by atoms with Gasteiger partial charge in [0.1, 0.15) is 5.75 Å². The number of rotatable bonds is 7. The van der Waals surface area contributed by atoms with Gasteiger partial charge in [-0.2, -0.15) is 0 Å². The van der Waals surface area contributed by atoms with E-state index >= 15 is 0 Å². The summed E-state index contributed by atoms with van der Waals surface area (Å²) in [4.78, 5) is 23.8. The Hall–Kier alpha value is -2.47. The van der Waals surface area contributed by atoms with Crippen LogP contribution in [0.2, 0.25) is 0 Å². The molecule has 0 saturated heterocycles. The van der Waals surface area contributed by atoms with E-state index in [9.17, 15) is 9.59 Å². The van der Waals surface area contributed by atoms with Gasteiger partial charge in [-0.25, -0.2) is 0 Å². The Labute approximate surface area is 145 Å². The summed E-state index contributed by atoms with van der Waals surface area (Å²) in [7, 11) is 0. The Morgan fingerprint density at radius 3 is 2.62 bits per heavy atom. The van der Waals surface area contributed by atoms with Crippen molar-refractivity contribution < 1.29 is 14.3 Å². The number of nitrogens with one attached hydrogen (secondary N) is 1. The van der Waals surface area contributed by atoms with E-state index in [2.05, 4.69) is 5.32 Å². The van der Waals surface area contributed by atoms with Gasteiger partial charge in [-0.05, 0) is 37.6 Å². The summed E-state index contributed by atoms with van der Waals surface area (Å²) in [5, 5.41) is 2.80. The molecule has 5 nitrogen and oxygen atoms in total. The highest BCUT2D eigenvalue weighted by Crippen LogP contribution is 2.26. The van der Waals surface area contributed by atoms with Crippen LogP contribution in [0.4, 0.5) is 5.69 Å². The summed E-state index contributed by atoms with van der Waals surface area (Å²) in [6.45, 7) is 3.86. The summed E-state index contributed by atoms with van der Waals surface area (Å²) < 4.78 is 5.57. The number of thioether (sulfide) groups is 1. The van der Waals surface area contributed by atoms with Crippen molar-refractivity contribution in [3.8, 4) is 5.75 Å². The number of anilines is 1. The Morgan fingerprint density at radius 2 is 1.92 bits per heavy atom. The van der Waals surface area contributed by atoms with Crippen LogP contribution >= 0.6 is 11.8 Å². The highest BCUT2D eigenvalue weighted by molar-refractivity contribution is 8.00. The van der Waals surface area contributed by atoms with Crippen LogP contribution < -0.4 is 15.8 Å². The highest BCUT2D eigenvalue weighted by Gasteiger charge is 2.09. The van der Waals surface area contributed by atoms with Gasteiger partial charge >= 0.3 is 0 Å². The fraction of sp³-hybridized carbons (Fsp3) is 0.222. The molecule has 2 aromatic carbocycles. The molecule has 0 unspecified atom stereocenters. The molecular weight excluding hydrogens is 324 g/mol. The fourth-order valence-electron chi connectivity index (χ4n) is 2.14. The lowest BCUT2D eigenvalue weighted by molar-refractivity contribution is -0.118. The van der Waals surface area contributed by atoms with Crippen molar-refractivity contribution in [3.63, 3.8) is 0 Å². The maximum absolute atomic E-state index is 12.1. The number of ether oxygens (including phenoxy) is 1.